The number of anilines is 1. The molecule has 4 nitrogen and oxygen atoms in total. The van der Waals surface area contributed by atoms with Crippen LogP contribution in [0.5, 0.6) is 5.75 Å². The van der Waals surface area contributed by atoms with Gasteiger partial charge >= 0.3 is 0 Å². The number of hydrogen-bond donors (Lipinski definition) is 1. The van der Waals surface area contributed by atoms with Crippen LogP contribution in [0.4, 0.5) is 5.69 Å². The molecule has 0 aliphatic carbocycles. The minimum absolute atomic E-state index is 0.500. The fourth-order valence-corrected chi connectivity index (χ4v) is 1.76. The van der Waals surface area contributed by atoms with Crippen LogP contribution in [0, 0.1) is 0 Å². The lowest BCUT2D eigenvalue weighted by Gasteiger charge is -2.14. The Morgan fingerprint density at radius 2 is 2.05 bits per heavy atom. The van der Waals surface area contributed by atoms with Crippen LogP contribution in [-0.4, -0.2) is 21.8 Å². The van der Waals surface area contributed by atoms with E-state index in [-0.39, 0.29) is 0 Å². The summed E-state index contributed by atoms with van der Waals surface area (Å²) in [5, 5.41) is 3.24. The number of benzene rings is 1. The summed E-state index contributed by atoms with van der Waals surface area (Å²) in [6.45, 7) is 0. The molecule has 0 bridgehead atoms. The summed E-state index contributed by atoms with van der Waals surface area (Å²) in [6.07, 6.45) is 1.63. The van der Waals surface area contributed by atoms with Crippen molar-refractivity contribution in [3.05, 3.63) is 30.5 Å². The molecule has 19 heavy (non-hydrogen) atoms. The molecule has 2 rings (SSSR count). The van der Waals surface area contributed by atoms with Crippen LogP contribution in [0.1, 0.15) is 0 Å². The summed E-state index contributed by atoms with van der Waals surface area (Å²) in [4.78, 5) is 15.9. The fraction of sp³-hybridized carbons (Fsp3) is 0.167. The number of rotatable bonds is 2. The van der Waals surface area contributed by atoms with Gasteiger partial charge in [-0.1, -0.05) is 34.8 Å². The van der Waals surface area contributed by atoms with Crippen molar-refractivity contribution in [2.24, 2.45) is 0 Å². The molecule has 2 aromatic rings. The van der Waals surface area contributed by atoms with E-state index in [1.807, 2.05) is 0 Å². The number of ether oxygens (including phenoxy) is 1. The zero-order valence-electron chi connectivity index (χ0n) is 9.78. The highest BCUT2D eigenvalue weighted by Crippen LogP contribution is 2.32. The number of nitrogens with one attached hydrogen (secondary N) is 1. The third-order valence-corrected chi connectivity index (χ3v) is 2.97. The topological polar surface area (TPSA) is 51.2 Å². The Hall–Kier alpha value is -1.23. The second kappa shape index (κ2) is 5.41. The van der Waals surface area contributed by atoms with Crippen LogP contribution in [0.2, 0.25) is 0 Å². The monoisotopic (exact) mass is 318 g/mol. The molecule has 0 spiro atoms. The van der Waals surface area contributed by atoms with Gasteiger partial charge in [0.05, 0.1) is 12.8 Å². The molecule has 0 saturated carbocycles. The first-order chi connectivity index (χ1) is 8.93. The lowest BCUT2D eigenvalue weighted by molar-refractivity contribution is -0.115. The Kier molecular flexibility index (Phi) is 4.04. The average molecular weight is 320 g/mol. The van der Waals surface area contributed by atoms with Crippen LogP contribution in [0.3, 0.4) is 0 Å². The summed E-state index contributed by atoms with van der Waals surface area (Å²) >= 11 is 16.6. The van der Waals surface area contributed by atoms with E-state index < -0.39 is 9.70 Å². The van der Waals surface area contributed by atoms with Gasteiger partial charge in [-0.15, -0.1) is 0 Å². The van der Waals surface area contributed by atoms with Crippen molar-refractivity contribution in [1.29, 1.82) is 0 Å². The first-order valence-corrected chi connectivity index (χ1v) is 6.37. The predicted octanol–water partition coefficient (Wildman–Crippen LogP) is 3.55. The minimum Gasteiger partial charge on any atom is -0.494 e. The highest BCUT2D eigenvalue weighted by molar-refractivity contribution is 6.76. The van der Waals surface area contributed by atoms with Crippen LogP contribution in [0.15, 0.2) is 30.5 Å². The third kappa shape index (κ3) is 3.03. The fourth-order valence-electron chi connectivity index (χ4n) is 1.61. The van der Waals surface area contributed by atoms with E-state index in [0.29, 0.717) is 22.3 Å². The number of nitrogens with zero attached hydrogens (tertiary/aromatic N) is 1. The molecular weight excluding hydrogens is 311 g/mol. The molecule has 0 atom stereocenters. The number of aromatic nitrogens is 1. The van der Waals surface area contributed by atoms with Crippen molar-refractivity contribution in [3.63, 3.8) is 0 Å². The van der Waals surface area contributed by atoms with Crippen molar-refractivity contribution in [3.8, 4) is 5.75 Å². The molecule has 0 aliphatic rings. The summed E-state index contributed by atoms with van der Waals surface area (Å²) in [6, 6.07) is 6.88. The number of fused-ring (bicyclic) bond motifs is 1. The van der Waals surface area contributed by atoms with Crippen molar-refractivity contribution < 1.29 is 9.53 Å². The number of carbonyl (C=O) groups is 1. The SMILES string of the molecule is COc1ccc(NC(=O)C(Cl)(Cl)Cl)c2cccnc12. The van der Waals surface area contributed by atoms with E-state index in [0.717, 1.165) is 0 Å². The van der Waals surface area contributed by atoms with E-state index in [1.54, 1.807) is 37.6 Å². The second-order valence-corrected chi connectivity index (χ2v) is 5.95. The maximum absolute atomic E-state index is 11.7. The van der Waals surface area contributed by atoms with E-state index in [1.165, 1.54) is 0 Å². The number of halogens is 3. The number of pyridine rings is 1. The lowest BCUT2D eigenvalue weighted by Crippen LogP contribution is -2.27. The Balaban J connectivity index is 2.48. The molecule has 1 amide bonds. The quantitative estimate of drug-likeness (QED) is 0.861. The molecule has 0 saturated heterocycles. The normalized spacial score (nSPS) is 11.4. The molecule has 1 aromatic carbocycles. The van der Waals surface area contributed by atoms with Crippen LogP contribution >= 0.6 is 34.8 Å². The van der Waals surface area contributed by atoms with Gasteiger partial charge in [0.1, 0.15) is 11.3 Å². The number of carbonyl (C=O) groups excluding carboxylic acids is 1. The van der Waals surface area contributed by atoms with Crippen molar-refractivity contribution in [2.45, 2.75) is 3.79 Å². The Labute approximate surface area is 124 Å². The third-order valence-electron chi connectivity index (χ3n) is 2.46. The van der Waals surface area contributed by atoms with Crippen molar-refractivity contribution in [1.82, 2.24) is 4.98 Å². The molecule has 0 radical (unpaired) electrons. The van der Waals surface area contributed by atoms with Gasteiger partial charge in [0, 0.05) is 11.6 Å². The largest absolute Gasteiger partial charge is 0.494 e. The molecule has 1 aromatic heterocycles. The predicted molar refractivity (Wildman–Crippen MR) is 77.2 cm³/mol. The summed E-state index contributed by atoms with van der Waals surface area (Å²) in [5.41, 5.74) is 1.12. The van der Waals surface area contributed by atoms with E-state index in [4.69, 9.17) is 39.5 Å². The zero-order valence-corrected chi connectivity index (χ0v) is 12.1. The maximum Gasteiger partial charge on any atom is 0.276 e. The zero-order chi connectivity index (χ0) is 14.0. The van der Waals surface area contributed by atoms with Gasteiger partial charge in [-0.3, -0.25) is 9.78 Å². The van der Waals surface area contributed by atoms with Crippen LogP contribution in [0.25, 0.3) is 10.9 Å². The highest BCUT2D eigenvalue weighted by atomic mass is 35.6. The van der Waals surface area contributed by atoms with E-state index >= 15 is 0 Å². The van der Waals surface area contributed by atoms with Gasteiger partial charge in [-0.05, 0) is 24.3 Å². The summed E-state index contributed by atoms with van der Waals surface area (Å²) in [5.74, 6) is -0.129. The van der Waals surface area contributed by atoms with Crippen LogP contribution in [-0.2, 0) is 4.79 Å². The van der Waals surface area contributed by atoms with E-state index in [9.17, 15) is 4.79 Å². The van der Waals surface area contributed by atoms with Gasteiger partial charge in [-0.25, -0.2) is 0 Å². The van der Waals surface area contributed by atoms with Gasteiger partial charge in [-0.2, -0.15) is 0 Å². The Morgan fingerprint density at radius 3 is 2.68 bits per heavy atom. The van der Waals surface area contributed by atoms with Crippen LogP contribution < -0.4 is 10.1 Å². The molecule has 0 fully saturated rings. The summed E-state index contributed by atoms with van der Waals surface area (Å²) in [7, 11) is 1.54. The molecule has 0 aliphatic heterocycles. The molecule has 1 heterocycles. The lowest BCUT2D eigenvalue weighted by atomic mass is 10.1. The second-order valence-electron chi connectivity index (χ2n) is 3.67. The number of amides is 1. The average Bonchev–Trinajstić information content (AvgIpc) is 2.38. The van der Waals surface area contributed by atoms with E-state index in [2.05, 4.69) is 10.3 Å². The number of methoxy groups -OCH3 is 1. The van der Waals surface area contributed by atoms with Gasteiger partial charge in [0.2, 0.25) is 0 Å². The molecule has 100 valence electrons. The molecule has 7 heteroatoms. The summed E-state index contributed by atoms with van der Waals surface area (Å²) < 4.78 is 3.18. The first kappa shape index (κ1) is 14.2. The Morgan fingerprint density at radius 1 is 1.32 bits per heavy atom. The van der Waals surface area contributed by atoms with Crippen molar-refractivity contribution in [2.75, 3.05) is 12.4 Å². The number of hydrogen-bond acceptors (Lipinski definition) is 3. The van der Waals surface area contributed by atoms with Gasteiger partial charge in [0.15, 0.2) is 0 Å². The Bertz CT molecular complexity index is 626. The molecular formula is C12H9Cl3N2O2. The van der Waals surface area contributed by atoms with Crippen molar-refractivity contribution >= 4 is 57.3 Å². The molecule has 0 unspecified atom stereocenters. The standard InChI is InChI=1S/C12H9Cl3N2O2/c1-19-9-5-4-8(17-11(18)12(13,14)15)7-3-2-6-16-10(7)9/h2-6H,1H3,(H,17,18). The van der Waals surface area contributed by atoms with Gasteiger partial charge < -0.3 is 10.1 Å². The minimum atomic E-state index is -2.02. The van der Waals surface area contributed by atoms with Gasteiger partial charge in [0.25, 0.3) is 9.70 Å². The maximum atomic E-state index is 11.7. The number of alkyl halides is 3. The molecule has 1 N–H and O–H groups in total. The highest BCUT2D eigenvalue weighted by Gasteiger charge is 2.31. The first-order valence-electron chi connectivity index (χ1n) is 5.23. The smallest absolute Gasteiger partial charge is 0.276 e.